The van der Waals surface area contributed by atoms with E-state index in [1.807, 2.05) is 0 Å². The van der Waals surface area contributed by atoms with Gasteiger partial charge in [-0.15, -0.1) is 0 Å². The maximum atomic E-state index is 10.0. The maximum absolute atomic E-state index is 10.0. The summed E-state index contributed by atoms with van der Waals surface area (Å²) in [4.78, 5) is 50.1. The Kier molecular flexibility index (Phi) is 77.6. The molecular formula is C50H95O10V. The predicted molar refractivity (Wildman–Crippen MR) is 238 cm³/mol. The van der Waals surface area contributed by atoms with Crippen LogP contribution in [-0.4, -0.2) is 29.8 Å². The smallest absolute Gasteiger partial charge is 0.550 e. The van der Waals surface area contributed by atoms with Crippen LogP contribution in [0.3, 0.4) is 0 Å². The van der Waals surface area contributed by atoms with Gasteiger partial charge in [-0.05, 0) is 64.2 Å². The van der Waals surface area contributed by atoms with Crippen LogP contribution in [0.15, 0.2) is 0 Å². The molecule has 0 atom stereocenters. The molecule has 0 saturated carbocycles. The Hall–Kier alpha value is -2.07. The molecule has 0 aromatic carbocycles. The average molecular weight is 907 g/mol. The van der Waals surface area contributed by atoms with Gasteiger partial charge in [0, 0.05) is 29.8 Å². The molecular weight excluding hydrogens is 811 g/mol. The third kappa shape index (κ3) is 98.3. The van der Waals surface area contributed by atoms with Crippen LogP contribution in [0.5, 0.6) is 0 Å². The van der Waals surface area contributed by atoms with Crippen LogP contribution in [0, 0.1) is 0 Å². The second-order valence-corrected chi connectivity index (χ2v) is 16.2. The Balaban J connectivity index is -0.000000154. The van der Waals surface area contributed by atoms with Gasteiger partial charge >= 0.3 is 18.6 Å². The van der Waals surface area contributed by atoms with Gasteiger partial charge in [0.2, 0.25) is 0 Å². The average Bonchev–Trinajstić information content (AvgIpc) is 3.19. The standard InChI is InChI=1S/5C10H20O2.V/c5*1-2-3-4-5-6-7-8-9-10(11)12;/h5*2-9H2,1H3,(H,11,12);/q;;;;;+5/p-5. The molecule has 0 rings (SSSR count). The van der Waals surface area contributed by atoms with Gasteiger partial charge in [-0.2, -0.15) is 0 Å². The summed E-state index contributed by atoms with van der Waals surface area (Å²) in [5.74, 6) is -4.57. The van der Waals surface area contributed by atoms with E-state index in [2.05, 4.69) is 34.6 Å². The van der Waals surface area contributed by atoms with Crippen LogP contribution in [0.2, 0.25) is 0 Å². The molecule has 0 fully saturated rings. The van der Waals surface area contributed by atoms with E-state index in [-0.39, 0.29) is 50.7 Å². The number of carboxylic acid groups (broad SMARTS) is 5. The molecule has 0 radical (unpaired) electrons. The molecule has 0 bridgehead atoms. The maximum Gasteiger partial charge on any atom is 5.00 e. The van der Waals surface area contributed by atoms with Crippen molar-refractivity contribution in [3.63, 3.8) is 0 Å². The number of carboxylic acids is 5. The van der Waals surface area contributed by atoms with E-state index >= 15 is 0 Å². The molecule has 0 aromatic heterocycles. The molecule has 0 aliphatic heterocycles. The number of carbonyl (C=O) groups excluding carboxylic acids is 5. The van der Waals surface area contributed by atoms with Gasteiger partial charge < -0.3 is 49.5 Å². The molecule has 0 spiro atoms. The van der Waals surface area contributed by atoms with Crippen molar-refractivity contribution in [3.8, 4) is 0 Å². The van der Waals surface area contributed by atoms with Crippen molar-refractivity contribution in [2.45, 2.75) is 291 Å². The summed E-state index contributed by atoms with van der Waals surface area (Å²) in [5.41, 5.74) is 0. The van der Waals surface area contributed by atoms with Crippen LogP contribution < -0.4 is 25.5 Å². The second kappa shape index (κ2) is 67.0. The predicted octanol–water partition coefficient (Wildman–Crippen LogP) is 9.38. The summed E-state index contributed by atoms with van der Waals surface area (Å²) < 4.78 is 0. The number of unbranched alkanes of at least 4 members (excludes halogenated alkanes) is 30. The fraction of sp³-hybridized carbons (Fsp3) is 0.900. The topological polar surface area (TPSA) is 201 Å². The summed E-state index contributed by atoms with van der Waals surface area (Å²) in [6.07, 6.45) is 41.7. The Morgan fingerprint density at radius 1 is 0.213 bits per heavy atom. The molecule has 0 heterocycles. The monoisotopic (exact) mass is 907 g/mol. The van der Waals surface area contributed by atoms with E-state index in [4.69, 9.17) is 0 Å². The normalized spacial score (nSPS) is 9.92. The van der Waals surface area contributed by atoms with Gasteiger partial charge in [0.1, 0.15) is 0 Å². The fourth-order valence-corrected chi connectivity index (χ4v) is 6.13. The third-order valence-corrected chi connectivity index (χ3v) is 9.92. The molecule has 11 heteroatoms. The van der Waals surface area contributed by atoms with Gasteiger partial charge in [-0.1, -0.05) is 227 Å². The second-order valence-electron chi connectivity index (χ2n) is 16.2. The van der Waals surface area contributed by atoms with Crippen LogP contribution in [0.4, 0.5) is 0 Å². The van der Waals surface area contributed by atoms with Crippen molar-refractivity contribution in [2.24, 2.45) is 0 Å². The van der Waals surface area contributed by atoms with E-state index in [1.165, 1.54) is 161 Å². The van der Waals surface area contributed by atoms with Crippen molar-refractivity contribution < 1.29 is 68.1 Å². The molecule has 360 valence electrons. The van der Waals surface area contributed by atoms with Crippen molar-refractivity contribution in [1.29, 1.82) is 0 Å². The Bertz CT molecular complexity index is 722. The minimum atomic E-state index is -0.913. The summed E-state index contributed by atoms with van der Waals surface area (Å²) >= 11 is 0. The van der Waals surface area contributed by atoms with Gasteiger partial charge in [0.15, 0.2) is 0 Å². The van der Waals surface area contributed by atoms with Gasteiger partial charge in [0.25, 0.3) is 0 Å². The first-order valence-corrected chi connectivity index (χ1v) is 24.8. The van der Waals surface area contributed by atoms with Crippen LogP contribution >= 0.6 is 0 Å². The third-order valence-electron chi connectivity index (χ3n) is 9.92. The zero-order chi connectivity index (χ0) is 46.2. The van der Waals surface area contributed by atoms with Crippen LogP contribution in [0.25, 0.3) is 0 Å². The number of hydrogen-bond acceptors (Lipinski definition) is 10. The molecule has 10 nitrogen and oxygen atoms in total. The Morgan fingerprint density at radius 3 is 0.410 bits per heavy atom. The van der Waals surface area contributed by atoms with Gasteiger partial charge in [0.05, 0.1) is 0 Å². The summed E-state index contributed by atoms with van der Waals surface area (Å²) in [6, 6.07) is 0. The molecule has 0 aliphatic rings. The first-order valence-electron chi connectivity index (χ1n) is 24.8. The zero-order valence-electron chi connectivity index (χ0n) is 40.3. The number of aliphatic carboxylic acids is 5. The quantitative estimate of drug-likeness (QED) is 0.0534. The Morgan fingerprint density at radius 2 is 0.311 bits per heavy atom. The summed E-state index contributed by atoms with van der Waals surface area (Å²) in [5, 5.41) is 50.1. The van der Waals surface area contributed by atoms with E-state index < -0.39 is 29.8 Å². The largest absolute Gasteiger partial charge is 5.00 e. The first kappa shape index (κ1) is 70.6. The van der Waals surface area contributed by atoms with Crippen molar-refractivity contribution in [1.82, 2.24) is 0 Å². The van der Waals surface area contributed by atoms with Gasteiger partial charge in [-0.3, -0.25) is 0 Å². The van der Waals surface area contributed by atoms with Crippen LogP contribution in [-0.2, 0) is 42.5 Å². The number of hydrogen-bond donors (Lipinski definition) is 0. The van der Waals surface area contributed by atoms with E-state index in [1.54, 1.807) is 0 Å². The van der Waals surface area contributed by atoms with Crippen molar-refractivity contribution in [2.75, 3.05) is 0 Å². The molecule has 0 unspecified atom stereocenters. The molecule has 0 aliphatic carbocycles. The van der Waals surface area contributed by atoms with E-state index in [0.29, 0.717) is 0 Å². The number of carbonyl (C=O) groups is 5. The van der Waals surface area contributed by atoms with Crippen LogP contribution in [0.1, 0.15) is 291 Å². The summed E-state index contributed by atoms with van der Waals surface area (Å²) in [7, 11) is 0. The van der Waals surface area contributed by atoms with E-state index in [9.17, 15) is 49.5 Å². The molecule has 0 N–H and O–H groups in total. The zero-order valence-corrected chi connectivity index (χ0v) is 41.7. The Labute approximate surface area is 387 Å². The number of rotatable bonds is 40. The van der Waals surface area contributed by atoms with Gasteiger partial charge in [-0.25, -0.2) is 0 Å². The minimum absolute atomic E-state index is 0. The minimum Gasteiger partial charge on any atom is -0.550 e. The molecule has 0 saturated heterocycles. The fourth-order valence-electron chi connectivity index (χ4n) is 6.13. The molecule has 61 heavy (non-hydrogen) atoms. The molecule has 0 amide bonds. The van der Waals surface area contributed by atoms with E-state index in [0.717, 1.165) is 64.2 Å². The SMILES string of the molecule is CCCCCCCCCC(=O)[O-].CCCCCCCCCC(=O)[O-].CCCCCCCCCC(=O)[O-].CCCCCCCCCC(=O)[O-].CCCCCCCCCC(=O)[O-].[V+5]. The molecule has 0 aromatic rings. The van der Waals surface area contributed by atoms with Crippen molar-refractivity contribution in [3.05, 3.63) is 0 Å². The summed E-state index contributed by atoms with van der Waals surface area (Å²) in [6.45, 7) is 11.0. The first-order chi connectivity index (χ1) is 28.9. The van der Waals surface area contributed by atoms with Crippen molar-refractivity contribution >= 4 is 29.8 Å².